The van der Waals surface area contributed by atoms with Gasteiger partial charge >= 0.3 is 5.97 Å². The van der Waals surface area contributed by atoms with E-state index in [2.05, 4.69) is 20.9 Å². The average molecular weight is 611 g/mol. The van der Waals surface area contributed by atoms with Gasteiger partial charge in [0.05, 0.1) is 19.8 Å². The van der Waals surface area contributed by atoms with Crippen LogP contribution in [0.5, 0.6) is 0 Å². The van der Waals surface area contributed by atoms with Gasteiger partial charge in [0.15, 0.2) is 0 Å². The minimum absolute atomic E-state index is 0.0284. The molecule has 4 N–H and O–H groups in total. The Kier molecular flexibility index (Phi) is 14.8. The number of carboxylic acid groups (broad SMARTS) is 1. The fraction of sp³-hybridized carbons (Fsp3) is 0.515. The molecule has 0 unspecified atom stereocenters. The van der Waals surface area contributed by atoms with Crippen LogP contribution in [0.25, 0.3) is 0 Å². The lowest BCUT2D eigenvalue weighted by Crippen LogP contribution is -2.56. The predicted molar refractivity (Wildman–Crippen MR) is 166 cm³/mol. The molecule has 44 heavy (non-hydrogen) atoms. The molecule has 1 saturated heterocycles. The lowest BCUT2D eigenvalue weighted by atomic mass is 10.00. The molecule has 0 aromatic heterocycles. The van der Waals surface area contributed by atoms with Crippen molar-refractivity contribution in [3.63, 3.8) is 0 Å². The predicted octanol–water partition coefficient (Wildman–Crippen LogP) is 1.80. The number of hydrogen-bond acceptors (Lipinski definition) is 7. The second kappa shape index (κ2) is 18.8. The van der Waals surface area contributed by atoms with Crippen LogP contribution in [0.1, 0.15) is 37.8 Å². The van der Waals surface area contributed by atoms with Gasteiger partial charge in [-0.3, -0.25) is 19.3 Å². The smallest absolute Gasteiger partial charge is 0.326 e. The van der Waals surface area contributed by atoms with Gasteiger partial charge in [0.2, 0.25) is 17.7 Å². The maximum atomic E-state index is 13.6. The normalized spacial score (nSPS) is 15.6. The van der Waals surface area contributed by atoms with Crippen molar-refractivity contribution in [2.45, 2.75) is 57.7 Å². The molecule has 1 aliphatic rings. The molecule has 0 saturated carbocycles. The minimum atomic E-state index is -1.17. The standard InChI is InChI=1S/C33H46N4O7/c1-24(2)21-28(32(40)36-29(33(41)42)22-26-11-7-4-8-12-26)35-31(39)27(14-13-25-9-5-3-6-10-25)34-30(38)23-44-20-17-37-15-18-43-19-16-37/h3-12,24,27-29H,13-23H2,1-2H3,(H,34,38)(H,35,39)(H,36,40)(H,41,42)/t27-,28-,29-/m0/s1. The Balaban J connectivity index is 1.63. The lowest BCUT2D eigenvalue weighted by Gasteiger charge is -2.26. The van der Waals surface area contributed by atoms with Gasteiger partial charge in [-0.2, -0.15) is 0 Å². The molecule has 11 heteroatoms. The van der Waals surface area contributed by atoms with Crippen LogP contribution in [-0.4, -0.2) is 97.9 Å². The number of rotatable bonds is 18. The molecule has 2 aromatic carbocycles. The van der Waals surface area contributed by atoms with Crippen molar-refractivity contribution in [2.24, 2.45) is 5.92 Å². The van der Waals surface area contributed by atoms with E-state index in [9.17, 15) is 24.3 Å². The summed E-state index contributed by atoms with van der Waals surface area (Å²) in [4.78, 5) is 53.9. The number of carbonyl (C=O) groups is 4. The molecule has 0 aliphatic carbocycles. The summed E-state index contributed by atoms with van der Waals surface area (Å²) >= 11 is 0. The molecule has 1 fully saturated rings. The number of hydrogen-bond donors (Lipinski definition) is 4. The zero-order valence-corrected chi connectivity index (χ0v) is 25.7. The zero-order valence-electron chi connectivity index (χ0n) is 25.7. The number of morpholine rings is 1. The molecule has 1 aliphatic heterocycles. The molecule has 11 nitrogen and oxygen atoms in total. The summed E-state index contributed by atoms with van der Waals surface area (Å²) < 4.78 is 10.9. The van der Waals surface area contributed by atoms with E-state index in [1.165, 1.54) is 0 Å². The molecule has 2 aromatic rings. The van der Waals surface area contributed by atoms with E-state index in [1.54, 1.807) is 24.3 Å². The molecule has 3 amide bonds. The SMILES string of the molecule is CC(C)C[C@H](NC(=O)[C@H](CCc1ccccc1)NC(=O)COCCN1CCOCC1)C(=O)N[C@@H](Cc1ccccc1)C(=O)O. The van der Waals surface area contributed by atoms with Crippen LogP contribution in [0.15, 0.2) is 60.7 Å². The van der Waals surface area contributed by atoms with Crippen LogP contribution in [0.2, 0.25) is 0 Å². The summed E-state index contributed by atoms with van der Waals surface area (Å²) in [5, 5.41) is 18.0. The van der Waals surface area contributed by atoms with E-state index < -0.39 is 41.8 Å². The van der Waals surface area contributed by atoms with E-state index in [0.717, 1.165) is 24.2 Å². The Hall–Kier alpha value is -3.80. The monoisotopic (exact) mass is 610 g/mol. The topological polar surface area (TPSA) is 146 Å². The van der Waals surface area contributed by atoms with Gasteiger partial charge in [0.1, 0.15) is 24.7 Å². The van der Waals surface area contributed by atoms with Crippen LogP contribution in [-0.2, 0) is 41.5 Å². The van der Waals surface area contributed by atoms with Crippen molar-refractivity contribution in [3.05, 3.63) is 71.8 Å². The fourth-order valence-electron chi connectivity index (χ4n) is 4.94. The maximum absolute atomic E-state index is 13.6. The molecular formula is C33H46N4O7. The molecule has 3 atom stereocenters. The Morgan fingerprint density at radius 3 is 2.05 bits per heavy atom. The fourth-order valence-corrected chi connectivity index (χ4v) is 4.94. The van der Waals surface area contributed by atoms with Gasteiger partial charge in [0, 0.05) is 26.1 Å². The van der Waals surface area contributed by atoms with Crippen molar-refractivity contribution in [3.8, 4) is 0 Å². The summed E-state index contributed by atoms with van der Waals surface area (Å²) in [6, 6.07) is 15.5. The highest BCUT2D eigenvalue weighted by Crippen LogP contribution is 2.10. The molecule has 0 spiro atoms. The third-order valence-electron chi connectivity index (χ3n) is 7.34. The van der Waals surface area contributed by atoms with Crippen molar-refractivity contribution in [1.82, 2.24) is 20.9 Å². The van der Waals surface area contributed by atoms with Crippen molar-refractivity contribution in [1.29, 1.82) is 0 Å². The van der Waals surface area contributed by atoms with Crippen molar-refractivity contribution < 1.29 is 33.8 Å². The van der Waals surface area contributed by atoms with Crippen molar-refractivity contribution >= 4 is 23.7 Å². The molecule has 0 bridgehead atoms. The number of nitrogens with zero attached hydrogens (tertiary/aromatic N) is 1. The summed E-state index contributed by atoms with van der Waals surface area (Å²) in [7, 11) is 0. The number of carbonyl (C=O) groups excluding carboxylic acids is 3. The van der Waals surface area contributed by atoms with E-state index in [0.29, 0.717) is 45.6 Å². The molecule has 1 heterocycles. The van der Waals surface area contributed by atoms with Gasteiger partial charge in [0.25, 0.3) is 0 Å². The van der Waals surface area contributed by atoms with Gasteiger partial charge in [-0.15, -0.1) is 0 Å². The molecule has 3 rings (SSSR count). The molecule has 0 radical (unpaired) electrons. The van der Waals surface area contributed by atoms with E-state index in [4.69, 9.17) is 9.47 Å². The Morgan fingerprint density at radius 2 is 1.43 bits per heavy atom. The Labute approximate surface area is 259 Å². The van der Waals surface area contributed by atoms with Gasteiger partial charge in [-0.1, -0.05) is 74.5 Å². The van der Waals surface area contributed by atoms with Gasteiger partial charge in [-0.05, 0) is 36.3 Å². The number of nitrogens with one attached hydrogen (secondary N) is 3. The first-order valence-electron chi connectivity index (χ1n) is 15.3. The Bertz CT molecular complexity index is 1170. The maximum Gasteiger partial charge on any atom is 0.326 e. The second-order valence-corrected chi connectivity index (χ2v) is 11.4. The number of aryl methyl sites for hydroxylation is 1. The number of ether oxygens (including phenoxy) is 2. The molecular weight excluding hydrogens is 564 g/mol. The van der Waals surface area contributed by atoms with E-state index in [1.807, 2.05) is 50.2 Å². The number of carboxylic acids is 1. The first kappa shape index (κ1) is 34.7. The first-order valence-corrected chi connectivity index (χ1v) is 15.3. The number of benzene rings is 2. The van der Waals surface area contributed by atoms with Crippen LogP contribution in [0.4, 0.5) is 0 Å². The zero-order chi connectivity index (χ0) is 31.7. The summed E-state index contributed by atoms with van der Waals surface area (Å²) in [5.74, 6) is -2.67. The highest BCUT2D eigenvalue weighted by atomic mass is 16.5. The highest BCUT2D eigenvalue weighted by Gasteiger charge is 2.30. The average Bonchev–Trinajstić information content (AvgIpc) is 3.01. The summed E-state index contributed by atoms with van der Waals surface area (Å²) in [5.41, 5.74) is 1.77. The largest absolute Gasteiger partial charge is 0.480 e. The van der Waals surface area contributed by atoms with Crippen LogP contribution >= 0.6 is 0 Å². The summed E-state index contributed by atoms with van der Waals surface area (Å²) in [6.07, 6.45) is 1.22. The van der Waals surface area contributed by atoms with E-state index in [-0.39, 0.29) is 18.9 Å². The van der Waals surface area contributed by atoms with Gasteiger partial charge in [-0.25, -0.2) is 4.79 Å². The number of aliphatic carboxylic acids is 1. The third-order valence-corrected chi connectivity index (χ3v) is 7.34. The van der Waals surface area contributed by atoms with Crippen LogP contribution in [0, 0.1) is 5.92 Å². The third kappa shape index (κ3) is 12.8. The van der Waals surface area contributed by atoms with Gasteiger partial charge < -0.3 is 30.5 Å². The lowest BCUT2D eigenvalue weighted by molar-refractivity contribution is -0.142. The van der Waals surface area contributed by atoms with Crippen LogP contribution < -0.4 is 16.0 Å². The quantitative estimate of drug-likeness (QED) is 0.187. The van der Waals surface area contributed by atoms with Crippen LogP contribution in [0.3, 0.4) is 0 Å². The van der Waals surface area contributed by atoms with Crippen molar-refractivity contribution in [2.75, 3.05) is 46.1 Å². The second-order valence-electron chi connectivity index (χ2n) is 11.4. The molecule has 240 valence electrons. The highest BCUT2D eigenvalue weighted by molar-refractivity contribution is 5.93. The Morgan fingerprint density at radius 1 is 0.841 bits per heavy atom. The minimum Gasteiger partial charge on any atom is -0.480 e. The summed E-state index contributed by atoms with van der Waals surface area (Å²) in [6.45, 7) is 7.68. The number of amides is 3. The van der Waals surface area contributed by atoms with E-state index >= 15 is 0 Å². The first-order chi connectivity index (χ1) is 21.2.